The Kier molecular flexibility index (Phi) is 4.58. The molecule has 1 amide bonds. The zero-order valence-corrected chi connectivity index (χ0v) is 13.5. The third-order valence-electron chi connectivity index (χ3n) is 4.26. The molecule has 24 heavy (non-hydrogen) atoms. The van der Waals surface area contributed by atoms with Crippen molar-refractivity contribution < 1.29 is 23.1 Å². The number of hydrogen-bond donors (Lipinski definition) is 3. The summed E-state index contributed by atoms with van der Waals surface area (Å²) in [6, 6.07) is 6.51. The summed E-state index contributed by atoms with van der Waals surface area (Å²) in [5, 5.41) is 15.1. The molecule has 1 aliphatic rings. The van der Waals surface area contributed by atoms with E-state index >= 15 is 0 Å². The van der Waals surface area contributed by atoms with Crippen LogP contribution in [0.1, 0.15) is 30.6 Å². The molecule has 0 atom stereocenters. The summed E-state index contributed by atoms with van der Waals surface area (Å²) in [6.07, 6.45) is -2.36. The van der Waals surface area contributed by atoms with Crippen molar-refractivity contribution >= 4 is 33.2 Å². The lowest BCUT2D eigenvalue weighted by molar-refractivity contribution is -0.134. The summed E-state index contributed by atoms with van der Waals surface area (Å²) in [4.78, 5) is 10.1. The van der Waals surface area contributed by atoms with Crippen LogP contribution in [0.2, 0.25) is 0 Å². The fourth-order valence-electron chi connectivity index (χ4n) is 3.10. The second-order valence-electron chi connectivity index (χ2n) is 5.97. The van der Waals surface area contributed by atoms with Crippen molar-refractivity contribution in [3.8, 4) is 0 Å². The van der Waals surface area contributed by atoms with Gasteiger partial charge in [0, 0.05) is 27.9 Å². The smallest absolute Gasteiger partial charge is 0.425 e. The van der Waals surface area contributed by atoms with Crippen LogP contribution in [-0.4, -0.2) is 23.3 Å². The molecule has 0 spiro atoms. The van der Waals surface area contributed by atoms with Gasteiger partial charge in [-0.3, -0.25) is 0 Å². The topological polar surface area (TPSA) is 61.4 Å². The first-order valence-corrected chi connectivity index (χ1v) is 8.50. The van der Waals surface area contributed by atoms with Gasteiger partial charge in [0.1, 0.15) is 4.88 Å². The minimum Gasteiger partial charge on any atom is -0.465 e. The highest BCUT2D eigenvalue weighted by Gasteiger charge is 2.33. The first-order valence-electron chi connectivity index (χ1n) is 7.68. The molecule has 1 saturated carbocycles. The molecule has 4 nitrogen and oxygen atoms in total. The molecule has 3 N–H and O–H groups in total. The predicted octanol–water partition coefficient (Wildman–Crippen LogP) is 4.91. The third kappa shape index (κ3) is 3.75. The van der Waals surface area contributed by atoms with Crippen LogP contribution in [0, 0.1) is 0 Å². The maximum absolute atomic E-state index is 12.9. The van der Waals surface area contributed by atoms with Gasteiger partial charge in [0.05, 0.1) is 0 Å². The molecule has 0 aliphatic heterocycles. The molecule has 1 fully saturated rings. The molecule has 2 aromatic rings. The van der Waals surface area contributed by atoms with Crippen LogP contribution in [0.5, 0.6) is 0 Å². The lowest BCUT2D eigenvalue weighted by Gasteiger charge is -2.29. The second kappa shape index (κ2) is 6.51. The summed E-state index contributed by atoms with van der Waals surface area (Å²) in [7, 11) is 0. The standard InChI is InChI=1S/C16H17F3N2O2S/c17-16(18,19)14-8-11-12(2-1-3-13(11)24-14)20-9-4-6-10(7-5-9)21-15(22)23/h1-3,8-10,20-21H,4-7H2,(H,22,23). The molecule has 0 radical (unpaired) electrons. The molecule has 1 aromatic heterocycles. The van der Waals surface area contributed by atoms with E-state index in [0.29, 0.717) is 15.8 Å². The number of carboxylic acid groups (broad SMARTS) is 1. The van der Waals surface area contributed by atoms with Crippen molar-refractivity contribution in [2.24, 2.45) is 0 Å². The molecule has 130 valence electrons. The number of anilines is 1. The fourth-order valence-corrected chi connectivity index (χ4v) is 4.06. The highest BCUT2D eigenvalue weighted by atomic mass is 32.1. The Morgan fingerprint density at radius 2 is 1.83 bits per heavy atom. The van der Waals surface area contributed by atoms with Crippen LogP contribution in [0.15, 0.2) is 24.3 Å². The van der Waals surface area contributed by atoms with Gasteiger partial charge in [0.15, 0.2) is 0 Å². The van der Waals surface area contributed by atoms with E-state index in [2.05, 4.69) is 10.6 Å². The maximum atomic E-state index is 12.9. The molecular weight excluding hydrogens is 341 g/mol. The van der Waals surface area contributed by atoms with E-state index < -0.39 is 17.1 Å². The van der Waals surface area contributed by atoms with E-state index in [1.165, 1.54) is 6.07 Å². The highest BCUT2D eigenvalue weighted by molar-refractivity contribution is 7.19. The molecule has 0 saturated heterocycles. The van der Waals surface area contributed by atoms with Crippen LogP contribution in [0.4, 0.5) is 23.7 Å². The number of thiophene rings is 1. The van der Waals surface area contributed by atoms with Crippen LogP contribution < -0.4 is 10.6 Å². The number of nitrogens with one attached hydrogen (secondary N) is 2. The van der Waals surface area contributed by atoms with E-state index in [0.717, 1.165) is 37.0 Å². The van der Waals surface area contributed by atoms with E-state index in [4.69, 9.17) is 5.11 Å². The number of rotatable bonds is 3. The highest BCUT2D eigenvalue weighted by Crippen LogP contribution is 2.40. The number of carbonyl (C=O) groups is 1. The zero-order valence-electron chi connectivity index (χ0n) is 12.7. The minimum absolute atomic E-state index is 0.0469. The SMILES string of the molecule is O=C(O)NC1CCC(Nc2cccc3sc(C(F)(F)F)cc23)CC1. The molecular formula is C16H17F3N2O2S. The number of alkyl halides is 3. The number of benzene rings is 1. The van der Waals surface area contributed by atoms with Crippen LogP contribution in [-0.2, 0) is 6.18 Å². The Bertz CT molecular complexity index is 736. The maximum Gasteiger partial charge on any atom is 0.425 e. The van der Waals surface area contributed by atoms with Gasteiger partial charge in [-0.1, -0.05) is 6.07 Å². The molecule has 8 heteroatoms. The average molecular weight is 358 g/mol. The van der Waals surface area contributed by atoms with Crippen molar-refractivity contribution in [2.75, 3.05) is 5.32 Å². The molecule has 0 bridgehead atoms. The first-order chi connectivity index (χ1) is 11.3. The van der Waals surface area contributed by atoms with E-state index in [1.807, 2.05) is 0 Å². The summed E-state index contributed by atoms with van der Waals surface area (Å²) in [6.45, 7) is 0. The molecule has 1 aliphatic carbocycles. The van der Waals surface area contributed by atoms with Gasteiger partial charge in [0.25, 0.3) is 0 Å². The minimum atomic E-state index is -4.33. The normalized spacial score (nSPS) is 21.6. The van der Waals surface area contributed by atoms with Gasteiger partial charge in [-0.15, -0.1) is 11.3 Å². The monoisotopic (exact) mass is 358 g/mol. The fraction of sp³-hybridized carbons (Fsp3) is 0.438. The Balaban J connectivity index is 1.72. The summed E-state index contributed by atoms with van der Waals surface area (Å²) in [5.74, 6) is 0. The van der Waals surface area contributed by atoms with Crippen molar-refractivity contribution in [1.82, 2.24) is 5.32 Å². The van der Waals surface area contributed by atoms with Gasteiger partial charge in [0.2, 0.25) is 0 Å². The molecule has 1 heterocycles. The molecule has 3 rings (SSSR count). The van der Waals surface area contributed by atoms with Crippen LogP contribution >= 0.6 is 11.3 Å². The Morgan fingerprint density at radius 1 is 1.17 bits per heavy atom. The predicted molar refractivity (Wildman–Crippen MR) is 87.7 cm³/mol. The van der Waals surface area contributed by atoms with Crippen molar-refractivity contribution in [1.29, 1.82) is 0 Å². The summed E-state index contributed by atoms with van der Waals surface area (Å²) >= 11 is 0.747. The first kappa shape index (κ1) is 16.9. The zero-order chi connectivity index (χ0) is 17.3. The van der Waals surface area contributed by atoms with Gasteiger partial charge >= 0.3 is 12.3 Å². The number of fused-ring (bicyclic) bond motifs is 1. The van der Waals surface area contributed by atoms with Crippen LogP contribution in [0.3, 0.4) is 0 Å². The quantitative estimate of drug-likeness (QED) is 0.730. The Labute approximate surface area is 140 Å². The van der Waals surface area contributed by atoms with Gasteiger partial charge in [-0.25, -0.2) is 4.79 Å². The largest absolute Gasteiger partial charge is 0.465 e. The number of halogens is 3. The van der Waals surface area contributed by atoms with Gasteiger partial charge < -0.3 is 15.7 Å². The number of amides is 1. The summed E-state index contributed by atoms with van der Waals surface area (Å²) < 4.78 is 39.3. The van der Waals surface area contributed by atoms with E-state index in [1.54, 1.807) is 18.2 Å². The lowest BCUT2D eigenvalue weighted by atomic mass is 9.91. The number of hydrogen-bond acceptors (Lipinski definition) is 3. The van der Waals surface area contributed by atoms with Crippen LogP contribution in [0.25, 0.3) is 10.1 Å². The van der Waals surface area contributed by atoms with E-state index in [9.17, 15) is 18.0 Å². The molecule has 1 aromatic carbocycles. The van der Waals surface area contributed by atoms with Crippen molar-refractivity contribution in [3.05, 3.63) is 29.1 Å². The average Bonchev–Trinajstić information content (AvgIpc) is 2.94. The lowest BCUT2D eigenvalue weighted by Crippen LogP contribution is -2.39. The second-order valence-corrected chi connectivity index (χ2v) is 7.05. The Morgan fingerprint density at radius 3 is 2.46 bits per heavy atom. The third-order valence-corrected chi connectivity index (χ3v) is 5.40. The van der Waals surface area contributed by atoms with Crippen molar-refractivity contribution in [2.45, 2.75) is 43.9 Å². The van der Waals surface area contributed by atoms with Gasteiger partial charge in [-0.2, -0.15) is 13.2 Å². The Hall–Kier alpha value is -1.96. The van der Waals surface area contributed by atoms with Gasteiger partial charge in [-0.05, 0) is 43.9 Å². The van der Waals surface area contributed by atoms with E-state index in [-0.39, 0.29) is 12.1 Å². The van der Waals surface area contributed by atoms with Crippen molar-refractivity contribution in [3.63, 3.8) is 0 Å². The summed E-state index contributed by atoms with van der Waals surface area (Å²) in [5.41, 5.74) is 0.703. The molecule has 0 unspecified atom stereocenters.